The molecule has 0 spiro atoms. The molecule has 0 bridgehead atoms. The van der Waals surface area contributed by atoms with Crippen LogP contribution in [0.2, 0.25) is 0 Å². The topological polar surface area (TPSA) is 73.9 Å². The quantitative estimate of drug-likeness (QED) is 0.757. The highest BCUT2D eigenvalue weighted by molar-refractivity contribution is 5.92. The number of hydrogen-bond acceptors (Lipinski definition) is 5. The summed E-state index contributed by atoms with van der Waals surface area (Å²) in [7, 11) is 1.62. The van der Waals surface area contributed by atoms with Crippen LogP contribution in [0.25, 0.3) is 22.0 Å². The number of pyridine rings is 1. The smallest absolute Gasteiger partial charge is 0.144 e. The summed E-state index contributed by atoms with van der Waals surface area (Å²) in [6, 6.07) is 7.76. The van der Waals surface area contributed by atoms with Crippen LogP contribution in [0.3, 0.4) is 0 Å². The van der Waals surface area contributed by atoms with Crippen molar-refractivity contribution in [3.63, 3.8) is 0 Å². The van der Waals surface area contributed by atoms with Gasteiger partial charge in [0.25, 0.3) is 0 Å². The molecule has 94 valence electrons. The van der Waals surface area contributed by atoms with E-state index < -0.39 is 0 Å². The van der Waals surface area contributed by atoms with Crippen molar-refractivity contribution in [1.82, 2.24) is 15.0 Å². The Bertz CT molecular complexity index is 742. The third-order valence-corrected chi connectivity index (χ3v) is 2.98. The summed E-state index contributed by atoms with van der Waals surface area (Å²) >= 11 is 0. The summed E-state index contributed by atoms with van der Waals surface area (Å²) in [6.45, 7) is 0. The fourth-order valence-corrected chi connectivity index (χ4v) is 2.03. The van der Waals surface area contributed by atoms with Crippen LogP contribution in [0.5, 0.6) is 5.75 Å². The summed E-state index contributed by atoms with van der Waals surface area (Å²) in [5.41, 5.74) is 8.66. The Balaban J connectivity index is 2.23. The van der Waals surface area contributed by atoms with Crippen LogP contribution in [-0.4, -0.2) is 22.1 Å². The Labute approximate surface area is 110 Å². The highest BCUT2D eigenvalue weighted by atomic mass is 16.5. The van der Waals surface area contributed by atoms with Gasteiger partial charge in [0.05, 0.1) is 18.8 Å². The molecular weight excluding hydrogens is 240 g/mol. The Morgan fingerprint density at radius 1 is 1.16 bits per heavy atom. The lowest BCUT2D eigenvalue weighted by atomic mass is 10.0. The molecule has 3 rings (SSSR count). The maximum absolute atomic E-state index is 5.88. The molecule has 0 fully saturated rings. The number of ether oxygens (including phenoxy) is 1. The van der Waals surface area contributed by atoms with Crippen LogP contribution in [0.15, 0.2) is 43.0 Å². The number of rotatable bonds is 2. The third kappa shape index (κ3) is 1.95. The number of benzene rings is 1. The molecule has 5 heteroatoms. The van der Waals surface area contributed by atoms with E-state index in [2.05, 4.69) is 15.0 Å². The molecule has 0 saturated heterocycles. The Morgan fingerprint density at radius 2 is 2.05 bits per heavy atom. The van der Waals surface area contributed by atoms with Gasteiger partial charge in [0.15, 0.2) is 0 Å². The first kappa shape index (κ1) is 11.4. The van der Waals surface area contributed by atoms with Gasteiger partial charge in [-0.25, -0.2) is 9.97 Å². The number of nitrogens with two attached hydrogens (primary N) is 1. The van der Waals surface area contributed by atoms with Crippen LogP contribution in [0, 0.1) is 0 Å². The number of nitrogen functional groups attached to an aromatic ring is 1. The van der Waals surface area contributed by atoms with Gasteiger partial charge in [0, 0.05) is 17.1 Å². The predicted octanol–water partition coefficient (Wildman–Crippen LogP) is 2.28. The van der Waals surface area contributed by atoms with E-state index >= 15 is 0 Å². The normalized spacial score (nSPS) is 10.6. The first-order chi connectivity index (χ1) is 9.29. The average Bonchev–Trinajstić information content (AvgIpc) is 2.47. The van der Waals surface area contributed by atoms with Crippen molar-refractivity contribution < 1.29 is 4.74 Å². The number of nitrogens with zero attached hydrogens (tertiary/aromatic N) is 3. The minimum Gasteiger partial charge on any atom is -0.494 e. The van der Waals surface area contributed by atoms with E-state index in [9.17, 15) is 0 Å². The molecule has 5 nitrogen and oxygen atoms in total. The largest absolute Gasteiger partial charge is 0.494 e. The van der Waals surface area contributed by atoms with Crippen molar-refractivity contribution in [3.8, 4) is 16.9 Å². The molecule has 0 aliphatic heterocycles. The van der Waals surface area contributed by atoms with Gasteiger partial charge in [-0.2, -0.15) is 0 Å². The van der Waals surface area contributed by atoms with Crippen LogP contribution in [0.4, 0.5) is 5.82 Å². The standard InChI is InChI=1S/C14H12N4O/c1-19-13-7-16-5-4-10(13)9-2-3-12-11(6-9)14(15)18-8-17-12/h2-8H,1H3,(H2,15,17,18). The van der Waals surface area contributed by atoms with Crippen molar-refractivity contribution >= 4 is 16.7 Å². The van der Waals surface area contributed by atoms with Gasteiger partial charge in [-0.3, -0.25) is 4.98 Å². The molecule has 0 atom stereocenters. The highest BCUT2D eigenvalue weighted by Crippen LogP contribution is 2.31. The number of fused-ring (bicyclic) bond motifs is 1. The van der Waals surface area contributed by atoms with E-state index in [1.165, 1.54) is 6.33 Å². The molecule has 1 aromatic carbocycles. The molecule has 3 aromatic rings. The lowest BCUT2D eigenvalue weighted by molar-refractivity contribution is 0.414. The molecule has 0 unspecified atom stereocenters. The van der Waals surface area contributed by atoms with Crippen LogP contribution < -0.4 is 10.5 Å². The lowest BCUT2D eigenvalue weighted by Crippen LogP contribution is -1.94. The summed E-state index contributed by atoms with van der Waals surface area (Å²) in [6.07, 6.45) is 4.88. The maximum atomic E-state index is 5.88. The molecule has 19 heavy (non-hydrogen) atoms. The Hall–Kier alpha value is -2.69. The number of aromatic nitrogens is 3. The predicted molar refractivity (Wildman–Crippen MR) is 73.7 cm³/mol. The molecular formula is C14H12N4O. The van der Waals surface area contributed by atoms with E-state index in [1.54, 1.807) is 19.5 Å². The van der Waals surface area contributed by atoms with Crippen molar-refractivity contribution in [1.29, 1.82) is 0 Å². The van der Waals surface area contributed by atoms with Crippen molar-refractivity contribution in [2.24, 2.45) is 0 Å². The molecule has 0 aliphatic rings. The van der Waals surface area contributed by atoms with E-state index in [0.717, 1.165) is 27.8 Å². The molecule has 2 heterocycles. The fraction of sp³-hybridized carbons (Fsp3) is 0.0714. The summed E-state index contributed by atoms with van der Waals surface area (Å²) < 4.78 is 5.32. The summed E-state index contributed by atoms with van der Waals surface area (Å²) in [4.78, 5) is 12.2. The Kier molecular flexibility index (Phi) is 2.72. The van der Waals surface area contributed by atoms with Crippen LogP contribution in [0.1, 0.15) is 0 Å². The van der Waals surface area contributed by atoms with E-state index in [-0.39, 0.29) is 0 Å². The molecule has 0 amide bonds. The van der Waals surface area contributed by atoms with E-state index in [4.69, 9.17) is 10.5 Å². The first-order valence-electron chi connectivity index (χ1n) is 5.78. The Morgan fingerprint density at radius 3 is 2.89 bits per heavy atom. The lowest BCUT2D eigenvalue weighted by Gasteiger charge is -2.09. The number of hydrogen-bond donors (Lipinski definition) is 1. The molecule has 0 radical (unpaired) electrons. The van der Waals surface area contributed by atoms with Gasteiger partial charge in [-0.05, 0) is 23.8 Å². The number of methoxy groups -OCH3 is 1. The SMILES string of the molecule is COc1cnccc1-c1ccc2ncnc(N)c2c1. The van der Waals surface area contributed by atoms with Gasteiger partial charge in [0.2, 0.25) is 0 Å². The molecule has 0 aliphatic carbocycles. The van der Waals surface area contributed by atoms with E-state index in [1.807, 2.05) is 24.3 Å². The fourth-order valence-electron chi connectivity index (χ4n) is 2.03. The van der Waals surface area contributed by atoms with Crippen molar-refractivity contribution in [3.05, 3.63) is 43.0 Å². The second-order valence-corrected chi connectivity index (χ2v) is 4.07. The third-order valence-electron chi connectivity index (χ3n) is 2.98. The van der Waals surface area contributed by atoms with Gasteiger partial charge in [0.1, 0.15) is 17.9 Å². The zero-order valence-corrected chi connectivity index (χ0v) is 10.4. The minimum atomic E-state index is 0.472. The second-order valence-electron chi connectivity index (χ2n) is 4.07. The zero-order valence-electron chi connectivity index (χ0n) is 10.4. The van der Waals surface area contributed by atoms with Crippen LogP contribution >= 0.6 is 0 Å². The number of anilines is 1. The van der Waals surface area contributed by atoms with Crippen molar-refractivity contribution in [2.45, 2.75) is 0 Å². The molecule has 2 aromatic heterocycles. The minimum absolute atomic E-state index is 0.472. The molecule has 0 saturated carbocycles. The monoisotopic (exact) mass is 252 g/mol. The highest BCUT2D eigenvalue weighted by Gasteiger charge is 2.08. The van der Waals surface area contributed by atoms with Crippen molar-refractivity contribution in [2.75, 3.05) is 12.8 Å². The van der Waals surface area contributed by atoms with Gasteiger partial charge in [-0.15, -0.1) is 0 Å². The second kappa shape index (κ2) is 4.53. The van der Waals surface area contributed by atoms with Gasteiger partial charge < -0.3 is 10.5 Å². The first-order valence-corrected chi connectivity index (χ1v) is 5.78. The summed E-state index contributed by atoms with van der Waals surface area (Å²) in [5, 5.41) is 0.832. The van der Waals surface area contributed by atoms with Gasteiger partial charge in [-0.1, -0.05) is 6.07 Å². The maximum Gasteiger partial charge on any atom is 0.144 e. The van der Waals surface area contributed by atoms with Gasteiger partial charge >= 0.3 is 0 Å². The summed E-state index contributed by atoms with van der Waals surface area (Å²) in [5.74, 6) is 1.19. The molecule has 2 N–H and O–H groups in total. The zero-order chi connectivity index (χ0) is 13.2. The van der Waals surface area contributed by atoms with Crippen LogP contribution in [-0.2, 0) is 0 Å². The average molecular weight is 252 g/mol. The van der Waals surface area contributed by atoms with E-state index in [0.29, 0.717) is 5.82 Å².